The van der Waals surface area contributed by atoms with Gasteiger partial charge in [-0.2, -0.15) is 0 Å². The van der Waals surface area contributed by atoms with Gasteiger partial charge in [-0.1, -0.05) is 52.3 Å². The average Bonchev–Trinajstić information content (AvgIpc) is 2.39. The van der Waals surface area contributed by atoms with Crippen molar-refractivity contribution >= 4 is 15.9 Å². The smallest absolute Gasteiger partial charge is 0.126 e. The van der Waals surface area contributed by atoms with Crippen LogP contribution in [0.5, 0.6) is 0 Å². The maximum Gasteiger partial charge on any atom is 0.126 e. The quantitative estimate of drug-likeness (QED) is 0.908. The molecule has 94 valence electrons. The first kappa shape index (κ1) is 13.2. The molecule has 0 aromatic heterocycles. The molecule has 0 heterocycles. The molecule has 2 aromatic rings. The highest BCUT2D eigenvalue weighted by Gasteiger charge is 2.16. The standard InChI is InChI=1S/C15H14BrFO/c16-14-7-3-1-5-11(14)9-12(10-18)13-6-2-4-8-15(13)17/h1-8,12,18H,9-10H2. The summed E-state index contributed by atoms with van der Waals surface area (Å²) in [6.45, 7) is -0.0672. The summed E-state index contributed by atoms with van der Waals surface area (Å²) < 4.78 is 14.7. The van der Waals surface area contributed by atoms with Gasteiger partial charge in [0.05, 0.1) is 6.61 Å². The largest absolute Gasteiger partial charge is 0.396 e. The van der Waals surface area contributed by atoms with Gasteiger partial charge in [0.2, 0.25) is 0 Å². The highest BCUT2D eigenvalue weighted by atomic mass is 79.9. The van der Waals surface area contributed by atoms with E-state index < -0.39 is 0 Å². The summed E-state index contributed by atoms with van der Waals surface area (Å²) in [6.07, 6.45) is 0.610. The first-order valence-corrected chi connectivity index (χ1v) is 6.60. The zero-order valence-electron chi connectivity index (χ0n) is 9.81. The van der Waals surface area contributed by atoms with E-state index in [1.165, 1.54) is 6.07 Å². The van der Waals surface area contributed by atoms with E-state index in [2.05, 4.69) is 15.9 Å². The van der Waals surface area contributed by atoms with Crippen molar-refractivity contribution < 1.29 is 9.50 Å². The maximum absolute atomic E-state index is 13.7. The Morgan fingerprint density at radius 3 is 2.39 bits per heavy atom. The Hall–Kier alpha value is -1.19. The molecular weight excluding hydrogens is 295 g/mol. The number of aliphatic hydroxyl groups is 1. The van der Waals surface area contributed by atoms with Crippen LogP contribution in [0.25, 0.3) is 0 Å². The Kier molecular flexibility index (Phi) is 4.50. The van der Waals surface area contributed by atoms with E-state index in [1.54, 1.807) is 18.2 Å². The molecule has 1 nitrogen and oxygen atoms in total. The molecule has 2 rings (SSSR count). The van der Waals surface area contributed by atoms with Crippen LogP contribution in [0.1, 0.15) is 17.0 Å². The second kappa shape index (κ2) is 6.12. The van der Waals surface area contributed by atoms with Crippen LogP contribution in [-0.2, 0) is 6.42 Å². The minimum atomic E-state index is -0.261. The van der Waals surface area contributed by atoms with Crippen LogP contribution in [0.3, 0.4) is 0 Å². The zero-order valence-corrected chi connectivity index (χ0v) is 11.4. The second-order valence-electron chi connectivity index (χ2n) is 4.20. The first-order valence-electron chi connectivity index (χ1n) is 5.81. The minimum absolute atomic E-state index is 0.0672. The number of benzene rings is 2. The lowest BCUT2D eigenvalue weighted by Gasteiger charge is -2.16. The van der Waals surface area contributed by atoms with E-state index >= 15 is 0 Å². The van der Waals surface area contributed by atoms with Crippen LogP contribution >= 0.6 is 15.9 Å². The Morgan fingerprint density at radius 1 is 1.06 bits per heavy atom. The van der Waals surface area contributed by atoms with Crippen LogP contribution in [-0.4, -0.2) is 11.7 Å². The summed E-state index contributed by atoms with van der Waals surface area (Å²) in [4.78, 5) is 0. The SMILES string of the molecule is OCC(Cc1ccccc1Br)c1ccccc1F. The van der Waals surface area contributed by atoms with Gasteiger partial charge < -0.3 is 5.11 Å². The van der Waals surface area contributed by atoms with Crippen molar-refractivity contribution in [1.29, 1.82) is 0 Å². The van der Waals surface area contributed by atoms with Crippen LogP contribution in [0, 0.1) is 5.82 Å². The molecule has 0 aliphatic carbocycles. The molecule has 0 radical (unpaired) electrons. The molecule has 0 bridgehead atoms. The molecule has 0 saturated heterocycles. The molecule has 1 unspecified atom stereocenters. The fourth-order valence-electron chi connectivity index (χ4n) is 2.01. The predicted octanol–water partition coefficient (Wildman–Crippen LogP) is 3.91. The van der Waals surface area contributed by atoms with Crippen molar-refractivity contribution in [3.8, 4) is 0 Å². The Morgan fingerprint density at radius 2 is 1.72 bits per heavy atom. The third-order valence-electron chi connectivity index (χ3n) is 2.99. The lowest BCUT2D eigenvalue weighted by Crippen LogP contribution is -2.10. The predicted molar refractivity (Wildman–Crippen MR) is 74.1 cm³/mol. The van der Waals surface area contributed by atoms with E-state index in [-0.39, 0.29) is 18.3 Å². The van der Waals surface area contributed by atoms with Crippen molar-refractivity contribution in [1.82, 2.24) is 0 Å². The minimum Gasteiger partial charge on any atom is -0.396 e. The van der Waals surface area contributed by atoms with Gasteiger partial charge in [0.1, 0.15) is 5.82 Å². The summed E-state index contributed by atoms with van der Waals surface area (Å²) in [6, 6.07) is 14.4. The molecule has 1 atom stereocenters. The maximum atomic E-state index is 13.7. The van der Waals surface area contributed by atoms with Gasteiger partial charge in [0, 0.05) is 10.4 Å². The Bertz CT molecular complexity index is 527. The van der Waals surface area contributed by atoms with E-state index in [4.69, 9.17) is 0 Å². The van der Waals surface area contributed by atoms with Gasteiger partial charge in [-0.3, -0.25) is 0 Å². The molecule has 0 fully saturated rings. The van der Waals surface area contributed by atoms with Crippen LogP contribution in [0.15, 0.2) is 53.0 Å². The van der Waals surface area contributed by atoms with E-state index in [9.17, 15) is 9.50 Å². The third kappa shape index (κ3) is 2.98. The van der Waals surface area contributed by atoms with Crippen LogP contribution < -0.4 is 0 Å². The molecule has 0 saturated carbocycles. The molecule has 1 N–H and O–H groups in total. The van der Waals surface area contributed by atoms with Crippen molar-refractivity contribution in [3.63, 3.8) is 0 Å². The van der Waals surface area contributed by atoms with E-state index in [0.29, 0.717) is 12.0 Å². The highest BCUT2D eigenvalue weighted by molar-refractivity contribution is 9.10. The van der Waals surface area contributed by atoms with Gasteiger partial charge in [0.15, 0.2) is 0 Å². The fraction of sp³-hybridized carbons (Fsp3) is 0.200. The molecular formula is C15H14BrFO. The van der Waals surface area contributed by atoms with Gasteiger partial charge in [-0.05, 0) is 29.7 Å². The lowest BCUT2D eigenvalue weighted by atomic mass is 9.92. The Balaban J connectivity index is 2.26. The molecule has 0 aliphatic rings. The first-order chi connectivity index (χ1) is 8.72. The summed E-state index contributed by atoms with van der Waals surface area (Å²) in [5, 5.41) is 9.47. The monoisotopic (exact) mass is 308 g/mol. The van der Waals surface area contributed by atoms with E-state index in [0.717, 1.165) is 10.0 Å². The van der Waals surface area contributed by atoms with Gasteiger partial charge in [-0.15, -0.1) is 0 Å². The molecule has 0 spiro atoms. The van der Waals surface area contributed by atoms with Crippen molar-refractivity contribution in [2.75, 3.05) is 6.61 Å². The summed E-state index contributed by atoms with van der Waals surface area (Å²) in [5.41, 5.74) is 1.63. The third-order valence-corrected chi connectivity index (χ3v) is 3.76. The van der Waals surface area contributed by atoms with Gasteiger partial charge >= 0.3 is 0 Å². The average molecular weight is 309 g/mol. The van der Waals surface area contributed by atoms with Crippen molar-refractivity contribution in [3.05, 3.63) is 69.9 Å². The molecule has 0 amide bonds. The highest BCUT2D eigenvalue weighted by Crippen LogP contribution is 2.26. The number of halogens is 2. The number of hydrogen-bond acceptors (Lipinski definition) is 1. The molecule has 2 aromatic carbocycles. The normalized spacial score (nSPS) is 12.4. The van der Waals surface area contributed by atoms with Crippen molar-refractivity contribution in [2.45, 2.75) is 12.3 Å². The topological polar surface area (TPSA) is 20.2 Å². The van der Waals surface area contributed by atoms with Crippen LogP contribution in [0.2, 0.25) is 0 Å². The lowest BCUT2D eigenvalue weighted by molar-refractivity contribution is 0.261. The molecule has 3 heteroatoms. The fourth-order valence-corrected chi connectivity index (χ4v) is 2.46. The van der Waals surface area contributed by atoms with Crippen molar-refractivity contribution in [2.24, 2.45) is 0 Å². The summed E-state index contributed by atoms with van der Waals surface area (Å²) in [7, 11) is 0. The summed E-state index contributed by atoms with van der Waals surface area (Å²) >= 11 is 3.47. The molecule has 18 heavy (non-hydrogen) atoms. The number of aliphatic hydroxyl groups excluding tert-OH is 1. The van der Waals surface area contributed by atoms with Crippen LogP contribution in [0.4, 0.5) is 4.39 Å². The van der Waals surface area contributed by atoms with E-state index in [1.807, 2.05) is 24.3 Å². The second-order valence-corrected chi connectivity index (χ2v) is 5.05. The summed E-state index contributed by atoms with van der Waals surface area (Å²) in [5.74, 6) is -0.478. The van der Waals surface area contributed by atoms with Gasteiger partial charge in [0.25, 0.3) is 0 Å². The molecule has 0 aliphatic heterocycles. The van der Waals surface area contributed by atoms with Gasteiger partial charge in [-0.25, -0.2) is 4.39 Å². The zero-order chi connectivity index (χ0) is 13.0. The number of rotatable bonds is 4. The Labute approximate surface area is 114 Å². The number of hydrogen-bond donors (Lipinski definition) is 1.